The normalized spacial score (nSPS) is 17.0. The van der Waals surface area contributed by atoms with Crippen LogP contribution in [0.1, 0.15) is 336 Å². The molecule has 3 atom stereocenters. The van der Waals surface area contributed by atoms with Crippen LogP contribution in [-0.4, -0.2) is 55.1 Å². The minimum Gasteiger partial charge on any atom is -0.632 e. The van der Waals surface area contributed by atoms with Crippen molar-refractivity contribution in [2.24, 2.45) is 0 Å². The number of ether oxygens (including phenoxy) is 4. The van der Waals surface area contributed by atoms with Gasteiger partial charge < -0.3 is 29.2 Å². The summed E-state index contributed by atoms with van der Waals surface area (Å²) < 4.78 is 23.0. The highest BCUT2D eigenvalue weighted by molar-refractivity contribution is 5.71. The molecular weight excluding hydrogens is 875 g/mol. The Balaban J connectivity index is 2.25. The average molecular weight is 993 g/mol. The van der Waals surface area contributed by atoms with Gasteiger partial charge in [0.2, 0.25) is 5.72 Å². The summed E-state index contributed by atoms with van der Waals surface area (Å²) in [6, 6.07) is 0. The third-order valence-corrected chi connectivity index (χ3v) is 15.1. The van der Waals surface area contributed by atoms with Crippen LogP contribution in [0.2, 0.25) is 0 Å². The van der Waals surface area contributed by atoms with E-state index in [1.54, 1.807) is 0 Å². The molecule has 1 aliphatic rings. The van der Waals surface area contributed by atoms with E-state index in [2.05, 4.69) is 20.8 Å². The van der Waals surface area contributed by atoms with E-state index < -0.39 is 11.8 Å². The highest BCUT2D eigenvalue weighted by Crippen LogP contribution is 2.26. The van der Waals surface area contributed by atoms with E-state index in [1.807, 2.05) is 13.8 Å². The summed E-state index contributed by atoms with van der Waals surface area (Å²) in [7, 11) is 0. The van der Waals surface area contributed by atoms with E-state index in [4.69, 9.17) is 18.9 Å². The maximum Gasteiger partial charge on any atom is 0.306 e. The van der Waals surface area contributed by atoms with Gasteiger partial charge in [-0.25, -0.2) is 0 Å². The Morgan fingerprint density at radius 2 is 0.700 bits per heavy atom. The smallest absolute Gasteiger partial charge is 0.306 e. The summed E-state index contributed by atoms with van der Waals surface area (Å²) in [6.45, 7) is 11.0. The third kappa shape index (κ3) is 38.0. The van der Waals surface area contributed by atoms with Gasteiger partial charge in [0.15, 0.2) is 6.10 Å². The molecule has 1 rings (SSSR count). The fourth-order valence-electron chi connectivity index (χ4n) is 10.3. The molecule has 1 saturated heterocycles. The van der Waals surface area contributed by atoms with Crippen LogP contribution in [0, 0.1) is 5.21 Å². The van der Waals surface area contributed by atoms with E-state index in [9.17, 15) is 19.6 Å². The molecule has 3 unspecified atom stereocenters. The number of rotatable bonds is 53. The SMILES string of the molecule is CCCCCCCCCCCCCCCCCC(=O)OCC(COC(=O)CCCCCCCCCCCCCCC1(CC)OCC(C)(C)[NH+]1[O-])OC(=O)CCCCCCCCCCCCCCCCC. The molecule has 1 heterocycles. The molecular formula is C61H117NO8. The van der Waals surface area contributed by atoms with Gasteiger partial charge in [-0.15, -0.1) is 0 Å². The van der Waals surface area contributed by atoms with Gasteiger partial charge in [-0.2, -0.15) is 0 Å². The van der Waals surface area contributed by atoms with Gasteiger partial charge in [0, 0.05) is 32.1 Å². The molecule has 1 fully saturated rings. The van der Waals surface area contributed by atoms with E-state index in [0.717, 1.165) is 77.0 Å². The second-order valence-electron chi connectivity index (χ2n) is 22.5. The van der Waals surface area contributed by atoms with Crippen molar-refractivity contribution in [3.05, 3.63) is 5.21 Å². The molecule has 0 saturated carbocycles. The molecule has 1 N–H and O–H groups in total. The van der Waals surface area contributed by atoms with Crippen molar-refractivity contribution in [3.8, 4) is 0 Å². The maximum atomic E-state index is 12.9. The molecule has 0 spiro atoms. The Morgan fingerprint density at radius 1 is 0.429 bits per heavy atom. The number of quaternary nitrogens is 1. The maximum absolute atomic E-state index is 12.9. The standard InChI is InChI=1S/C61H117NO8/c1-6-9-11-13-15-17-19-21-23-25-29-33-37-41-45-49-57(63)67-53-56(70-59(65)51-47-43-39-35-31-26-24-22-20-18-16-14-12-10-7-2)54-68-58(64)50-46-42-38-34-30-27-28-32-36-40-44-48-52-61(8-3)62(66)60(4,5)55-69-61/h56,62H,6-55H2,1-5H3. The molecule has 70 heavy (non-hydrogen) atoms. The predicted octanol–water partition coefficient (Wildman–Crippen LogP) is 17.3. The molecule has 0 aromatic heterocycles. The molecule has 9 heteroatoms. The predicted molar refractivity (Wildman–Crippen MR) is 293 cm³/mol. The minimum atomic E-state index is -0.782. The summed E-state index contributed by atoms with van der Waals surface area (Å²) in [5, 5.41) is 13.2. The molecule has 0 aromatic carbocycles. The second kappa shape index (κ2) is 47.0. The van der Waals surface area contributed by atoms with Gasteiger partial charge >= 0.3 is 17.9 Å². The number of unbranched alkanes of at least 4 members (excludes halogenated alkanes) is 39. The van der Waals surface area contributed by atoms with Crippen LogP contribution in [0.25, 0.3) is 0 Å². The topological polar surface area (TPSA) is 116 Å². The van der Waals surface area contributed by atoms with E-state index >= 15 is 0 Å². The van der Waals surface area contributed by atoms with Crippen LogP contribution < -0.4 is 5.06 Å². The highest BCUT2D eigenvalue weighted by atomic mass is 16.6. The fourth-order valence-corrected chi connectivity index (χ4v) is 10.3. The monoisotopic (exact) mass is 992 g/mol. The van der Waals surface area contributed by atoms with Crippen LogP contribution in [0.4, 0.5) is 0 Å². The Morgan fingerprint density at radius 3 is 0.971 bits per heavy atom. The van der Waals surface area contributed by atoms with Crippen LogP contribution in [0.3, 0.4) is 0 Å². The van der Waals surface area contributed by atoms with Crippen molar-refractivity contribution in [1.82, 2.24) is 0 Å². The summed E-state index contributed by atoms with van der Waals surface area (Å²) in [5.74, 6) is -0.880. The highest BCUT2D eigenvalue weighted by Gasteiger charge is 2.50. The zero-order valence-electron chi connectivity index (χ0n) is 47.2. The van der Waals surface area contributed by atoms with Crippen molar-refractivity contribution in [1.29, 1.82) is 0 Å². The summed E-state index contributed by atoms with van der Waals surface area (Å²) in [6.07, 6.45) is 53.8. The van der Waals surface area contributed by atoms with E-state index in [-0.39, 0.29) is 36.7 Å². The largest absolute Gasteiger partial charge is 0.632 e. The third-order valence-electron chi connectivity index (χ3n) is 15.1. The van der Waals surface area contributed by atoms with Crippen LogP contribution in [-0.2, 0) is 33.3 Å². The van der Waals surface area contributed by atoms with Crippen LogP contribution >= 0.6 is 0 Å². The summed E-state index contributed by atoms with van der Waals surface area (Å²) in [4.78, 5) is 38.3. The van der Waals surface area contributed by atoms with Gasteiger partial charge in [-0.05, 0) is 39.5 Å². The number of hydrogen-bond acceptors (Lipinski definition) is 8. The summed E-state index contributed by atoms with van der Waals surface area (Å²) in [5.41, 5.74) is -0.891. The lowest BCUT2D eigenvalue weighted by molar-refractivity contribution is -0.950. The Labute approximate surface area is 433 Å². The lowest BCUT2D eigenvalue weighted by Gasteiger charge is -2.41. The molecule has 0 aliphatic carbocycles. The molecule has 0 radical (unpaired) electrons. The lowest BCUT2D eigenvalue weighted by atomic mass is 9.98. The molecule has 9 nitrogen and oxygen atoms in total. The quantitative estimate of drug-likeness (QED) is 0.0277. The zero-order chi connectivity index (χ0) is 51.1. The zero-order valence-corrected chi connectivity index (χ0v) is 47.2. The number of esters is 3. The Hall–Kier alpha value is -1.71. The lowest BCUT2D eigenvalue weighted by Crippen LogP contribution is -3.20. The molecule has 1 aliphatic heterocycles. The second-order valence-corrected chi connectivity index (χ2v) is 22.5. The number of carbonyl (C=O) groups is 3. The Bertz CT molecular complexity index is 1200. The number of hydrogen-bond donors (Lipinski definition) is 1. The van der Waals surface area contributed by atoms with Crippen molar-refractivity contribution in [2.75, 3.05) is 19.8 Å². The number of carbonyl (C=O) groups excluding carboxylic acids is 3. The first kappa shape index (κ1) is 66.3. The number of hydroxylamine groups is 2. The van der Waals surface area contributed by atoms with Crippen LogP contribution in [0.5, 0.6) is 0 Å². The minimum absolute atomic E-state index is 0.0781. The average Bonchev–Trinajstić information content (AvgIpc) is 3.58. The van der Waals surface area contributed by atoms with Gasteiger partial charge in [0.1, 0.15) is 25.4 Å². The van der Waals surface area contributed by atoms with Gasteiger partial charge in [-0.1, -0.05) is 265 Å². The first-order chi connectivity index (χ1) is 34.1. The van der Waals surface area contributed by atoms with Crippen molar-refractivity contribution in [3.63, 3.8) is 0 Å². The van der Waals surface area contributed by atoms with Crippen molar-refractivity contribution < 1.29 is 38.4 Å². The first-order valence-electron chi connectivity index (χ1n) is 30.8. The Kier molecular flexibility index (Phi) is 44.6. The van der Waals surface area contributed by atoms with E-state index in [0.29, 0.717) is 30.9 Å². The fraction of sp³-hybridized carbons (Fsp3) is 0.951. The van der Waals surface area contributed by atoms with Crippen LogP contribution in [0.15, 0.2) is 0 Å². The van der Waals surface area contributed by atoms with Gasteiger partial charge in [0.05, 0.1) is 0 Å². The molecule has 0 amide bonds. The molecule has 0 aromatic rings. The summed E-state index contributed by atoms with van der Waals surface area (Å²) >= 11 is 0. The van der Waals surface area contributed by atoms with Crippen molar-refractivity contribution in [2.45, 2.75) is 354 Å². The van der Waals surface area contributed by atoms with Gasteiger partial charge in [0.25, 0.3) is 0 Å². The molecule has 0 bridgehead atoms. The number of nitrogens with one attached hydrogen (secondary N) is 1. The first-order valence-corrected chi connectivity index (χ1v) is 30.8. The van der Waals surface area contributed by atoms with E-state index in [1.165, 1.54) is 205 Å². The van der Waals surface area contributed by atoms with Crippen molar-refractivity contribution >= 4 is 17.9 Å². The van der Waals surface area contributed by atoms with Gasteiger partial charge in [-0.3, -0.25) is 14.4 Å². The molecule has 414 valence electrons.